The van der Waals surface area contributed by atoms with Gasteiger partial charge in [0.1, 0.15) is 0 Å². The minimum absolute atomic E-state index is 0.387. The quantitative estimate of drug-likeness (QED) is 0.832. The van der Waals surface area contributed by atoms with Crippen molar-refractivity contribution >= 4 is 17.9 Å². The standard InChI is InChI=1S/C17H17NO4/c1-12-5-3-4-6-14(12)18-10-13-7-8-15(16(9-13)21-2)22-11-17(19)20/h3-10H,11H2,1-2H3,(H,19,20). The number of rotatable bonds is 6. The summed E-state index contributed by atoms with van der Waals surface area (Å²) in [5, 5.41) is 8.64. The summed E-state index contributed by atoms with van der Waals surface area (Å²) in [6.07, 6.45) is 1.73. The molecule has 5 heteroatoms. The Morgan fingerprint density at radius 1 is 1.23 bits per heavy atom. The second-order valence-electron chi connectivity index (χ2n) is 4.64. The number of aliphatic imine (C=N–C) groups is 1. The van der Waals surface area contributed by atoms with Crippen molar-refractivity contribution in [2.45, 2.75) is 6.92 Å². The fourth-order valence-corrected chi connectivity index (χ4v) is 1.88. The normalized spacial score (nSPS) is 10.6. The number of nitrogens with zero attached hydrogens (tertiary/aromatic N) is 1. The molecule has 2 aromatic rings. The fourth-order valence-electron chi connectivity index (χ4n) is 1.88. The van der Waals surface area contributed by atoms with E-state index in [0.717, 1.165) is 16.8 Å². The summed E-state index contributed by atoms with van der Waals surface area (Å²) in [7, 11) is 1.51. The van der Waals surface area contributed by atoms with Crippen LogP contribution < -0.4 is 9.47 Å². The molecule has 5 nitrogen and oxygen atoms in total. The van der Waals surface area contributed by atoms with Crippen molar-refractivity contribution in [2.75, 3.05) is 13.7 Å². The molecule has 0 spiro atoms. The molecule has 2 rings (SSSR count). The summed E-state index contributed by atoms with van der Waals surface area (Å²) in [5.41, 5.74) is 2.82. The van der Waals surface area contributed by atoms with Crippen LogP contribution in [0.4, 0.5) is 5.69 Å². The second-order valence-corrected chi connectivity index (χ2v) is 4.64. The summed E-state index contributed by atoms with van der Waals surface area (Å²) < 4.78 is 10.4. The summed E-state index contributed by atoms with van der Waals surface area (Å²) in [6, 6.07) is 13.0. The topological polar surface area (TPSA) is 68.1 Å². The molecule has 0 heterocycles. The van der Waals surface area contributed by atoms with Crippen molar-refractivity contribution in [3.63, 3.8) is 0 Å². The third-order valence-electron chi connectivity index (χ3n) is 3.01. The van der Waals surface area contributed by atoms with Gasteiger partial charge in [0.2, 0.25) is 0 Å². The highest BCUT2D eigenvalue weighted by molar-refractivity contribution is 5.83. The van der Waals surface area contributed by atoms with Crippen LogP contribution in [0, 0.1) is 6.92 Å². The van der Waals surface area contributed by atoms with Crippen LogP contribution in [0.15, 0.2) is 47.5 Å². The van der Waals surface area contributed by atoms with Crippen molar-refractivity contribution in [2.24, 2.45) is 4.99 Å². The number of carboxylic acids is 1. The summed E-state index contributed by atoms with van der Waals surface area (Å²) in [4.78, 5) is 15.0. The van der Waals surface area contributed by atoms with Gasteiger partial charge in [0.25, 0.3) is 0 Å². The van der Waals surface area contributed by atoms with Crippen LogP contribution in [0.3, 0.4) is 0 Å². The molecule has 0 bridgehead atoms. The van der Waals surface area contributed by atoms with Crippen LogP contribution in [0.2, 0.25) is 0 Å². The zero-order valence-electron chi connectivity index (χ0n) is 12.4. The maximum absolute atomic E-state index is 10.5. The molecule has 22 heavy (non-hydrogen) atoms. The predicted molar refractivity (Wildman–Crippen MR) is 84.6 cm³/mol. The molecular weight excluding hydrogens is 282 g/mol. The second kappa shape index (κ2) is 7.26. The van der Waals surface area contributed by atoms with Gasteiger partial charge in [-0.1, -0.05) is 18.2 Å². The molecule has 0 aromatic heterocycles. The Labute approximate surface area is 128 Å². The number of hydrogen-bond acceptors (Lipinski definition) is 4. The van der Waals surface area contributed by atoms with Crippen LogP contribution in [0.1, 0.15) is 11.1 Å². The van der Waals surface area contributed by atoms with Crippen LogP contribution in [0.25, 0.3) is 0 Å². The summed E-state index contributed by atoms with van der Waals surface area (Å²) in [5.74, 6) is -0.180. The Hall–Kier alpha value is -2.82. The zero-order chi connectivity index (χ0) is 15.9. The highest BCUT2D eigenvalue weighted by Gasteiger charge is 2.07. The van der Waals surface area contributed by atoms with Crippen molar-refractivity contribution in [1.29, 1.82) is 0 Å². The lowest BCUT2D eigenvalue weighted by Gasteiger charge is -2.09. The monoisotopic (exact) mass is 299 g/mol. The Morgan fingerprint density at radius 2 is 2.00 bits per heavy atom. The van der Waals surface area contributed by atoms with E-state index in [2.05, 4.69) is 4.99 Å². The first-order valence-electron chi connectivity index (χ1n) is 6.72. The fraction of sp³-hybridized carbons (Fsp3) is 0.176. The molecule has 0 unspecified atom stereocenters. The van der Waals surface area contributed by atoms with Crippen molar-refractivity contribution < 1.29 is 19.4 Å². The lowest BCUT2D eigenvalue weighted by atomic mass is 10.2. The third kappa shape index (κ3) is 4.09. The maximum Gasteiger partial charge on any atom is 0.341 e. The van der Waals surface area contributed by atoms with E-state index in [0.29, 0.717) is 11.5 Å². The van der Waals surface area contributed by atoms with E-state index in [4.69, 9.17) is 14.6 Å². The van der Waals surface area contributed by atoms with Gasteiger partial charge in [-0.25, -0.2) is 4.79 Å². The number of carbonyl (C=O) groups is 1. The molecule has 114 valence electrons. The molecule has 0 radical (unpaired) electrons. The molecule has 0 saturated heterocycles. The third-order valence-corrected chi connectivity index (χ3v) is 3.01. The molecule has 0 fully saturated rings. The number of carboxylic acid groups (broad SMARTS) is 1. The molecule has 0 atom stereocenters. The zero-order valence-corrected chi connectivity index (χ0v) is 12.4. The first-order valence-corrected chi connectivity index (χ1v) is 6.72. The lowest BCUT2D eigenvalue weighted by molar-refractivity contribution is -0.139. The number of aliphatic carboxylic acids is 1. The van der Waals surface area contributed by atoms with Crippen LogP contribution in [0.5, 0.6) is 11.5 Å². The minimum Gasteiger partial charge on any atom is -0.493 e. The molecule has 0 aliphatic carbocycles. The van der Waals surface area contributed by atoms with E-state index in [9.17, 15) is 4.79 Å². The number of para-hydroxylation sites is 1. The average Bonchev–Trinajstić information content (AvgIpc) is 2.52. The van der Waals surface area contributed by atoms with Gasteiger partial charge >= 0.3 is 5.97 Å². The first-order chi connectivity index (χ1) is 10.6. The largest absolute Gasteiger partial charge is 0.493 e. The molecule has 0 aliphatic heterocycles. The van der Waals surface area contributed by atoms with Crippen LogP contribution in [-0.4, -0.2) is 31.0 Å². The Morgan fingerprint density at radius 3 is 2.68 bits per heavy atom. The van der Waals surface area contributed by atoms with Gasteiger partial charge in [0, 0.05) is 6.21 Å². The predicted octanol–water partition coefficient (Wildman–Crippen LogP) is 3.22. The van der Waals surface area contributed by atoms with Crippen LogP contribution >= 0.6 is 0 Å². The van der Waals surface area contributed by atoms with Crippen LogP contribution in [-0.2, 0) is 4.79 Å². The SMILES string of the molecule is COc1cc(C=Nc2ccccc2C)ccc1OCC(=O)O. The van der Waals surface area contributed by atoms with Gasteiger partial charge in [-0.05, 0) is 42.3 Å². The smallest absolute Gasteiger partial charge is 0.341 e. The number of methoxy groups -OCH3 is 1. The van der Waals surface area contributed by atoms with Gasteiger partial charge < -0.3 is 14.6 Å². The van der Waals surface area contributed by atoms with Crippen molar-refractivity contribution in [1.82, 2.24) is 0 Å². The van der Waals surface area contributed by atoms with E-state index in [1.807, 2.05) is 31.2 Å². The average molecular weight is 299 g/mol. The molecule has 0 aliphatic rings. The van der Waals surface area contributed by atoms with Gasteiger partial charge in [0.15, 0.2) is 18.1 Å². The number of aryl methyl sites for hydroxylation is 1. The highest BCUT2D eigenvalue weighted by atomic mass is 16.5. The molecule has 0 amide bonds. The van der Waals surface area contributed by atoms with Gasteiger partial charge in [-0.15, -0.1) is 0 Å². The summed E-state index contributed by atoms with van der Waals surface area (Å²) >= 11 is 0. The van der Waals surface area contributed by atoms with Gasteiger partial charge in [0.05, 0.1) is 12.8 Å². The molecule has 0 saturated carbocycles. The molecular formula is C17H17NO4. The number of hydrogen-bond donors (Lipinski definition) is 1. The van der Waals surface area contributed by atoms with E-state index in [-0.39, 0.29) is 0 Å². The van der Waals surface area contributed by atoms with E-state index in [1.54, 1.807) is 24.4 Å². The maximum atomic E-state index is 10.5. The lowest BCUT2D eigenvalue weighted by Crippen LogP contribution is -2.10. The van der Waals surface area contributed by atoms with Gasteiger partial charge in [-0.3, -0.25) is 4.99 Å². The molecule has 1 N–H and O–H groups in total. The van der Waals surface area contributed by atoms with E-state index in [1.165, 1.54) is 7.11 Å². The first kappa shape index (κ1) is 15.6. The highest BCUT2D eigenvalue weighted by Crippen LogP contribution is 2.28. The number of benzene rings is 2. The van der Waals surface area contributed by atoms with Gasteiger partial charge in [-0.2, -0.15) is 0 Å². The van der Waals surface area contributed by atoms with Crippen molar-refractivity contribution in [3.8, 4) is 11.5 Å². The molecule has 2 aromatic carbocycles. The number of ether oxygens (including phenoxy) is 2. The van der Waals surface area contributed by atoms with E-state index < -0.39 is 12.6 Å². The Kier molecular flexibility index (Phi) is 5.14. The van der Waals surface area contributed by atoms with Crippen molar-refractivity contribution in [3.05, 3.63) is 53.6 Å². The summed E-state index contributed by atoms with van der Waals surface area (Å²) in [6.45, 7) is 1.59. The minimum atomic E-state index is -1.03. The Bertz CT molecular complexity index is 695. The Balaban J connectivity index is 2.19. The van der Waals surface area contributed by atoms with E-state index >= 15 is 0 Å².